The first-order chi connectivity index (χ1) is 18.2. The number of rotatable bonds is 8. The van der Waals surface area contributed by atoms with Crippen LogP contribution in [-0.2, 0) is 9.53 Å². The molecule has 1 saturated heterocycles. The summed E-state index contributed by atoms with van der Waals surface area (Å²) in [7, 11) is 2.05. The number of nitrogens with zero attached hydrogens (tertiary/aromatic N) is 3. The number of carbonyl (C=O) groups is 2. The normalized spacial score (nSPS) is 27.8. The number of aromatic nitrogens is 1. The summed E-state index contributed by atoms with van der Waals surface area (Å²) in [6.07, 6.45) is 5.08. The number of ether oxygens (including phenoxy) is 2. The molecular formula is C29H37ClN4O4. The van der Waals surface area contributed by atoms with Crippen LogP contribution in [0.15, 0.2) is 42.6 Å². The first kappa shape index (κ1) is 26.9. The standard InChI is InChI=1S/C29H37ClN4O4/c1-19-6-11-23-25(17-29(19,23)2)37-18-24(28(36)34-15-13-33(3)14-16-34)32-26(35)22-5-4-12-31-27(22)38-21-9-7-20(30)8-10-21/h4-5,7-10,12,19,23-25H,6,11,13-18H2,1-3H3,(H,32,35). The monoisotopic (exact) mass is 540 g/mol. The lowest BCUT2D eigenvalue weighted by molar-refractivity contribution is -0.149. The van der Waals surface area contributed by atoms with Crippen molar-refractivity contribution >= 4 is 23.4 Å². The van der Waals surface area contributed by atoms with E-state index in [1.807, 2.05) is 11.9 Å². The SMILES string of the molecule is CC1CCC2C(OCC(NC(=O)c3cccnc3Oc3ccc(Cl)cc3)C(=O)N3CCN(C)CC3)CC12C. The Morgan fingerprint density at radius 2 is 1.89 bits per heavy atom. The molecule has 0 bridgehead atoms. The minimum Gasteiger partial charge on any atom is -0.438 e. The maximum atomic E-state index is 13.6. The minimum absolute atomic E-state index is 0.114. The first-order valence-corrected chi connectivity index (χ1v) is 13.9. The Morgan fingerprint density at radius 3 is 2.61 bits per heavy atom. The number of likely N-dealkylation sites (N-methyl/N-ethyl adjacent to an activating group) is 1. The summed E-state index contributed by atoms with van der Waals surface area (Å²) in [4.78, 5) is 35.4. The summed E-state index contributed by atoms with van der Waals surface area (Å²) in [6, 6.07) is 9.36. The van der Waals surface area contributed by atoms with Gasteiger partial charge in [0.25, 0.3) is 5.91 Å². The highest BCUT2D eigenvalue weighted by Crippen LogP contribution is 2.61. The van der Waals surface area contributed by atoms with E-state index in [1.165, 1.54) is 6.42 Å². The van der Waals surface area contributed by atoms with Crippen LogP contribution in [0.25, 0.3) is 0 Å². The lowest BCUT2D eigenvalue weighted by Gasteiger charge is -2.51. The second-order valence-electron chi connectivity index (χ2n) is 11.2. The van der Waals surface area contributed by atoms with E-state index in [9.17, 15) is 9.59 Å². The number of hydrogen-bond acceptors (Lipinski definition) is 6. The molecule has 1 aromatic heterocycles. The summed E-state index contributed by atoms with van der Waals surface area (Å²) < 4.78 is 12.2. The highest BCUT2D eigenvalue weighted by Gasteiger charge is 2.57. The van der Waals surface area contributed by atoms with Crippen LogP contribution in [0.2, 0.25) is 5.02 Å². The van der Waals surface area contributed by atoms with Crippen molar-refractivity contribution in [3.05, 3.63) is 53.2 Å². The van der Waals surface area contributed by atoms with Gasteiger partial charge in [0.1, 0.15) is 17.4 Å². The number of nitrogens with one attached hydrogen (secondary N) is 1. The van der Waals surface area contributed by atoms with Gasteiger partial charge >= 0.3 is 0 Å². The average Bonchev–Trinajstić information content (AvgIpc) is 3.13. The number of carbonyl (C=O) groups excluding carboxylic acids is 2. The number of halogens is 1. The highest BCUT2D eigenvalue weighted by molar-refractivity contribution is 6.30. The van der Waals surface area contributed by atoms with Gasteiger partial charge in [0, 0.05) is 37.4 Å². The van der Waals surface area contributed by atoms with E-state index in [-0.39, 0.29) is 30.1 Å². The fourth-order valence-electron chi connectivity index (χ4n) is 6.14. The Morgan fingerprint density at radius 1 is 1.16 bits per heavy atom. The molecule has 2 saturated carbocycles. The van der Waals surface area contributed by atoms with Crippen molar-refractivity contribution < 1.29 is 19.1 Å². The van der Waals surface area contributed by atoms with Crippen LogP contribution in [0.4, 0.5) is 0 Å². The van der Waals surface area contributed by atoms with Gasteiger partial charge in [-0.15, -0.1) is 0 Å². The van der Waals surface area contributed by atoms with Crippen molar-refractivity contribution in [2.75, 3.05) is 39.8 Å². The molecule has 1 aliphatic heterocycles. The van der Waals surface area contributed by atoms with Gasteiger partial charge in [0.05, 0.1) is 12.7 Å². The largest absolute Gasteiger partial charge is 0.438 e. The Labute approximate surface area is 229 Å². The Balaban J connectivity index is 1.29. The maximum Gasteiger partial charge on any atom is 0.257 e. The molecule has 2 heterocycles. The smallest absolute Gasteiger partial charge is 0.257 e. The molecule has 2 aromatic rings. The van der Waals surface area contributed by atoms with E-state index in [2.05, 4.69) is 29.0 Å². The fraction of sp³-hybridized carbons (Fsp3) is 0.552. The molecule has 2 amide bonds. The number of benzene rings is 1. The molecular weight excluding hydrogens is 504 g/mol. The van der Waals surface area contributed by atoms with E-state index in [0.29, 0.717) is 41.1 Å². The summed E-state index contributed by atoms with van der Waals surface area (Å²) >= 11 is 5.98. The second-order valence-corrected chi connectivity index (χ2v) is 11.7. The molecule has 0 spiro atoms. The average molecular weight is 541 g/mol. The van der Waals surface area contributed by atoms with Crippen molar-refractivity contribution in [2.24, 2.45) is 17.3 Å². The van der Waals surface area contributed by atoms with Gasteiger partial charge in [-0.3, -0.25) is 9.59 Å². The van der Waals surface area contributed by atoms with E-state index in [4.69, 9.17) is 21.1 Å². The lowest BCUT2D eigenvalue weighted by atomic mass is 9.58. The second kappa shape index (κ2) is 11.2. The van der Waals surface area contributed by atoms with Crippen molar-refractivity contribution in [1.82, 2.24) is 20.1 Å². The molecule has 5 atom stereocenters. The number of piperazine rings is 1. The number of pyridine rings is 1. The third kappa shape index (κ3) is 5.53. The van der Waals surface area contributed by atoms with Crippen molar-refractivity contribution in [1.29, 1.82) is 0 Å². The van der Waals surface area contributed by atoms with Gasteiger partial charge < -0.3 is 24.6 Å². The molecule has 1 N–H and O–H groups in total. The molecule has 38 heavy (non-hydrogen) atoms. The zero-order chi connectivity index (χ0) is 26.9. The molecule has 1 aromatic carbocycles. The van der Waals surface area contributed by atoms with Gasteiger partial charge in [-0.2, -0.15) is 0 Å². The number of fused-ring (bicyclic) bond motifs is 1. The quantitative estimate of drug-likeness (QED) is 0.539. The van der Waals surface area contributed by atoms with Crippen LogP contribution in [0.3, 0.4) is 0 Å². The van der Waals surface area contributed by atoms with Crippen LogP contribution in [0, 0.1) is 17.3 Å². The van der Waals surface area contributed by atoms with E-state index in [1.54, 1.807) is 42.6 Å². The zero-order valence-electron chi connectivity index (χ0n) is 22.4. The molecule has 5 rings (SSSR count). The van der Waals surface area contributed by atoms with Crippen LogP contribution in [0.5, 0.6) is 11.6 Å². The Kier molecular flexibility index (Phi) is 7.93. The summed E-state index contributed by atoms with van der Waals surface area (Å²) in [5, 5.41) is 3.53. The third-order valence-electron chi connectivity index (χ3n) is 8.91. The van der Waals surface area contributed by atoms with E-state index >= 15 is 0 Å². The highest BCUT2D eigenvalue weighted by atomic mass is 35.5. The number of hydrogen-bond donors (Lipinski definition) is 1. The summed E-state index contributed by atoms with van der Waals surface area (Å²) in [5.74, 6) is 1.34. The minimum atomic E-state index is -0.792. The van der Waals surface area contributed by atoms with Gasteiger partial charge in [-0.25, -0.2) is 4.98 Å². The van der Waals surface area contributed by atoms with Crippen molar-refractivity contribution in [2.45, 2.75) is 45.3 Å². The molecule has 9 heteroatoms. The van der Waals surface area contributed by atoms with Gasteiger partial charge in [-0.05, 0) is 80.0 Å². The van der Waals surface area contributed by atoms with Crippen LogP contribution >= 0.6 is 11.6 Å². The molecule has 204 valence electrons. The molecule has 0 radical (unpaired) electrons. The van der Waals surface area contributed by atoms with Crippen molar-refractivity contribution in [3.63, 3.8) is 0 Å². The molecule has 5 unspecified atom stereocenters. The topological polar surface area (TPSA) is 84.0 Å². The van der Waals surface area contributed by atoms with Gasteiger partial charge in [0.2, 0.25) is 11.8 Å². The lowest BCUT2D eigenvalue weighted by Crippen LogP contribution is -2.57. The van der Waals surface area contributed by atoms with Crippen molar-refractivity contribution in [3.8, 4) is 11.6 Å². The predicted octanol–water partition coefficient (Wildman–Crippen LogP) is 4.24. The van der Waals surface area contributed by atoms with Crippen LogP contribution < -0.4 is 10.1 Å². The molecule has 2 aliphatic carbocycles. The Hall–Kier alpha value is -2.68. The fourth-order valence-corrected chi connectivity index (χ4v) is 6.27. The van der Waals surface area contributed by atoms with Gasteiger partial charge in [0.15, 0.2) is 0 Å². The predicted molar refractivity (Wildman–Crippen MR) is 145 cm³/mol. The van der Waals surface area contributed by atoms with E-state index in [0.717, 1.165) is 25.9 Å². The van der Waals surface area contributed by atoms with Crippen LogP contribution in [0.1, 0.15) is 43.5 Å². The molecule has 3 aliphatic rings. The third-order valence-corrected chi connectivity index (χ3v) is 9.16. The molecule has 3 fully saturated rings. The molecule has 8 nitrogen and oxygen atoms in total. The van der Waals surface area contributed by atoms with E-state index < -0.39 is 11.9 Å². The summed E-state index contributed by atoms with van der Waals surface area (Å²) in [6.45, 7) is 7.69. The maximum absolute atomic E-state index is 13.6. The Bertz CT molecular complexity index is 1150. The van der Waals surface area contributed by atoms with Crippen LogP contribution in [-0.4, -0.2) is 78.6 Å². The summed E-state index contributed by atoms with van der Waals surface area (Å²) in [5.41, 5.74) is 0.577. The first-order valence-electron chi connectivity index (χ1n) is 13.5. The van der Waals surface area contributed by atoms with Gasteiger partial charge in [-0.1, -0.05) is 25.4 Å². The zero-order valence-corrected chi connectivity index (χ0v) is 23.1. The number of amides is 2.